The molecule has 0 radical (unpaired) electrons. The number of guanidine groups is 1. The Labute approximate surface area is 144 Å². The third kappa shape index (κ3) is 7.31. The molecular weight excluding hydrogens is 379 g/mol. The Balaban J connectivity index is 0.00000400. The van der Waals surface area contributed by atoms with E-state index in [1.807, 2.05) is 29.2 Å². The summed E-state index contributed by atoms with van der Waals surface area (Å²) in [6.45, 7) is 8.04. The lowest BCUT2D eigenvalue weighted by molar-refractivity contribution is -0.114. The van der Waals surface area contributed by atoms with E-state index >= 15 is 0 Å². The molecule has 0 aromatic heterocycles. The van der Waals surface area contributed by atoms with Crippen molar-refractivity contribution < 1.29 is 4.79 Å². The lowest BCUT2D eigenvalue weighted by atomic mass is 10.1. The highest BCUT2D eigenvalue weighted by molar-refractivity contribution is 14.0. The molecule has 0 heterocycles. The molecule has 1 aromatic carbocycles. The molecule has 21 heavy (non-hydrogen) atoms. The molecule has 0 saturated heterocycles. The van der Waals surface area contributed by atoms with Crippen LogP contribution in [0.4, 0.5) is 5.69 Å². The van der Waals surface area contributed by atoms with E-state index < -0.39 is 0 Å². The molecule has 1 amide bonds. The van der Waals surface area contributed by atoms with Crippen LogP contribution in [0.25, 0.3) is 0 Å². The second kappa shape index (κ2) is 10.4. The topological polar surface area (TPSA) is 70.7 Å². The van der Waals surface area contributed by atoms with Gasteiger partial charge in [0.1, 0.15) is 0 Å². The summed E-state index contributed by atoms with van der Waals surface area (Å²) in [6.07, 6.45) is 0.836. The SMILES string of the molecule is CCN(CC)C(N)=NCCc1ccc(NC(C)=O)cc1.I. The normalized spacial score (nSPS) is 10.7. The molecular formula is C15H25IN4O. The maximum absolute atomic E-state index is 10.9. The van der Waals surface area contributed by atoms with E-state index in [2.05, 4.69) is 24.2 Å². The van der Waals surface area contributed by atoms with Crippen LogP contribution in [0, 0.1) is 0 Å². The van der Waals surface area contributed by atoms with E-state index in [1.54, 1.807) is 0 Å². The first-order chi connectivity index (χ1) is 9.56. The van der Waals surface area contributed by atoms with Crippen molar-refractivity contribution in [3.63, 3.8) is 0 Å². The number of anilines is 1. The van der Waals surface area contributed by atoms with Gasteiger partial charge in [-0.15, -0.1) is 24.0 Å². The Morgan fingerprint density at radius 2 is 1.81 bits per heavy atom. The number of carbonyl (C=O) groups excluding carboxylic acids is 1. The van der Waals surface area contributed by atoms with Gasteiger partial charge in [-0.25, -0.2) is 0 Å². The molecule has 3 N–H and O–H groups in total. The second-order valence-electron chi connectivity index (χ2n) is 4.54. The van der Waals surface area contributed by atoms with Gasteiger partial charge in [0.05, 0.1) is 0 Å². The average Bonchev–Trinajstić information content (AvgIpc) is 2.41. The van der Waals surface area contributed by atoms with Crippen molar-refractivity contribution in [3.8, 4) is 0 Å². The molecule has 0 saturated carbocycles. The highest BCUT2D eigenvalue weighted by Gasteiger charge is 2.01. The minimum absolute atomic E-state index is 0. The number of rotatable bonds is 6. The number of hydrogen-bond acceptors (Lipinski definition) is 2. The molecule has 0 bridgehead atoms. The van der Waals surface area contributed by atoms with Crippen molar-refractivity contribution in [2.75, 3.05) is 25.0 Å². The van der Waals surface area contributed by atoms with Crippen molar-refractivity contribution in [2.24, 2.45) is 10.7 Å². The van der Waals surface area contributed by atoms with Crippen LogP contribution in [0.15, 0.2) is 29.3 Å². The number of halogens is 1. The van der Waals surface area contributed by atoms with Crippen molar-refractivity contribution in [1.29, 1.82) is 0 Å². The smallest absolute Gasteiger partial charge is 0.221 e. The number of nitrogens with zero attached hydrogens (tertiary/aromatic N) is 2. The van der Waals surface area contributed by atoms with Crippen LogP contribution in [0.2, 0.25) is 0 Å². The molecule has 0 atom stereocenters. The molecule has 1 aromatic rings. The molecule has 118 valence electrons. The van der Waals surface area contributed by atoms with Gasteiger partial charge in [0, 0.05) is 32.2 Å². The van der Waals surface area contributed by atoms with Crippen LogP contribution in [-0.4, -0.2) is 36.4 Å². The number of benzene rings is 1. The van der Waals surface area contributed by atoms with E-state index in [-0.39, 0.29) is 29.9 Å². The van der Waals surface area contributed by atoms with E-state index in [0.717, 1.165) is 25.2 Å². The van der Waals surface area contributed by atoms with Crippen LogP contribution in [-0.2, 0) is 11.2 Å². The maximum atomic E-state index is 10.9. The lowest BCUT2D eigenvalue weighted by Gasteiger charge is -2.19. The Bertz CT molecular complexity index is 455. The fraction of sp³-hybridized carbons (Fsp3) is 0.467. The number of nitrogens with one attached hydrogen (secondary N) is 1. The van der Waals surface area contributed by atoms with E-state index in [0.29, 0.717) is 12.5 Å². The van der Waals surface area contributed by atoms with Gasteiger partial charge in [0.15, 0.2) is 5.96 Å². The van der Waals surface area contributed by atoms with Gasteiger partial charge < -0.3 is 16.0 Å². The Hall–Kier alpha value is -1.31. The molecule has 5 nitrogen and oxygen atoms in total. The number of hydrogen-bond donors (Lipinski definition) is 2. The fourth-order valence-electron chi connectivity index (χ4n) is 1.91. The standard InChI is InChI=1S/C15H24N4O.HI/c1-4-19(5-2)15(16)17-11-10-13-6-8-14(9-7-13)18-12(3)20;/h6-9H,4-5,10-11H2,1-3H3,(H2,16,17)(H,18,20);1H. The predicted octanol–water partition coefficient (Wildman–Crippen LogP) is 2.46. The van der Waals surface area contributed by atoms with Crippen molar-refractivity contribution in [2.45, 2.75) is 27.2 Å². The van der Waals surface area contributed by atoms with E-state index in [9.17, 15) is 4.79 Å². The summed E-state index contributed by atoms with van der Waals surface area (Å²) in [5.41, 5.74) is 7.90. The van der Waals surface area contributed by atoms with Gasteiger partial charge >= 0.3 is 0 Å². The van der Waals surface area contributed by atoms with E-state index in [4.69, 9.17) is 5.73 Å². The van der Waals surface area contributed by atoms with Gasteiger partial charge in [-0.2, -0.15) is 0 Å². The average molecular weight is 404 g/mol. The van der Waals surface area contributed by atoms with Crippen LogP contribution in [0.1, 0.15) is 26.3 Å². The van der Waals surface area contributed by atoms with Gasteiger partial charge in [-0.05, 0) is 38.0 Å². The zero-order chi connectivity index (χ0) is 15.0. The van der Waals surface area contributed by atoms with E-state index in [1.165, 1.54) is 12.5 Å². The van der Waals surface area contributed by atoms with Gasteiger partial charge in [0.25, 0.3) is 0 Å². The highest BCUT2D eigenvalue weighted by Crippen LogP contribution is 2.10. The molecule has 0 aliphatic heterocycles. The predicted molar refractivity (Wildman–Crippen MR) is 99.3 cm³/mol. The lowest BCUT2D eigenvalue weighted by Crippen LogP contribution is -2.37. The number of carbonyl (C=O) groups is 1. The first-order valence-corrected chi connectivity index (χ1v) is 6.98. The quantitative estimate of drug-likeness (QED) is 0.435. The highest BCUT2D eigenvalue weighted by atomic mass is 127. The second-order valence-corrected chi connectivity index (χ2v) is 4.54. The molecule has 1 rings (SSSR count). The zero-order valence-corrected chi connectivity index (χ0v) is 15.3. The minimum atomic E-state index is -0.0608. The van der Waals surface area contributed by atoms with Gasteiger partial charge in [0.2, 0.25) is 5.91 Å². The molecule has 0 aliphatic carbocycles. The first kappa shape index (κ1) is 19.7. The zero-order valence-electron chi connectivity index (χ0n) is 12.9. The Kier molecular flexibility index (Phi) is 9.77. The minimum Gasteiger partial charge on any atom is -0.370 e. The van der Waals surface area contributed by atoms with Crippen LogP contribution in [0.5, 0.6) is 0 Å². The molecule has 0 spiro atoms. The summed E-state index contributed by atoms with van der Waals surface area (Å²) >= 11 is 0. The monoisotopic (exact) mass is 404 g/mol. The summed E-state index contributed by atoms with van der Waals surface area (Å²) in [7, 11) is 0. The van der Waals surface area contributed by atoms with Crippen molar-refractivity contribution in [1.82, 2.24) is 4.90 Å². The number of aliphatic imine (C=N–C) groups is 1. The molecule has 0 aliphatic rings. The molecule has 6 heteroatoms. The molecule has 0 fully saturated rings. The summed E-state index contributed by atoms with van der Waals surface area (Å²) in [6, 6.07) is 7.78. The maximum Gasteiger partial charge on any atom is 0.221 e. The van der Waals surface area contributed by atoms with Gasteiger partial charge in [-0.3, -0.25) is 9.79 Å². The molecule has 0 unspecified atom stereocenters. The van der Waals surface area contributed by atoms with Crippen LogP contribution in [0.3, 0.4) is 0 Å². The third-order valence-electron chi connectivity index (χ3n) is 3.04. The largest absolute Gasteiger partial charge is 0.370 e. The van der Waals surface area contributed by atoms with Crippen molar-refractivity contribution >= 4 is 41.5 Å². The summed E-state index contributed by atoms with van der Waals surface area (Å²) in [4.78, 5) is 17.3. The first-order valence-electron chi connectivity index (χ1n) is 6.98. The number of nitrogens with two attached hydrogens (primary N) is 1. The van der Waals surface area contributed by atoms with Gasteiger partial charge in [-0.1, -0.05) is 12.1 Å². The third-order valence-corrected chi connectivity index (χ3v) is 3.04. The fourth-order valence-corrected chi connectivity index (χ4v) is 1.91. The van der Waals surface area contributed by atoms with Crippen LogP contribution < -0.4 is 11.1 Å². The Morgan fingerprint density at radius 3 is 2.29 bits per heavy atom. The summed E-state index contributed by atoms with van der Waals surface area (Å²) in [5, 5.41) is 2.74. The summed E-state index contributed by atoms with van der Waals surface area (Å²) < 4.78 is 0. The Morgan fingerprint density at radius 1 is 1.24 bits per heavy atom. The summed E-state index contributed by atoms with van der Waals surface area (Å²) in [5.74, 6) is 0.541. The van der Waals surface area contributed by atoms with Crippen molar-refractivity contribution in [3.05, 3.63) is 29.8 Å². The number of amides is 1. The van der Waals surface area contributed by atoms with Crippen LogP contribution >= 0.6 is 24.0 Å².